The summed E-state index contributed by atoms with van der Waals surface area (Å²) in [4.78, 5) is 11.3. The second kappa shape index (κ2) is 13.9. The highest BCUT2D eigenvalue weighted by molar-refractivity contribution is 14.0. The van der Waals surface area contributed by atoms with Crippen molar-refractivity contribution in [1.82, 2.24) is 15.2 Å². The number of para-hydroxylation sites is 1. The molecule has 30 heavy (non-hydrogen) atoms. The summed E-state index contributed by atoms with van der Waals surface area (Å²) in [6, 6.07) is 9.27. The Bertz CT molecular complexity index is 762. The summed E-state index contributed by atoms with van der Waals surface area (Å²) in [5.74, 6) is 3.05. The predicted octanol–water partition coefficient (Wildman–Crippen LogP) is 4.71. The van der Waals surface area contributed by atoms with Gasteiger partial charge in [0.1, 0.15) is 0 Å². The molecule has 7 nitrogen and oxygen atoms in total. The van der Waals surface area contributed by atoms with Crippen LogP contribution in [-0.4, -0.2) is 50.2 Å². The average molecular weight is 528 g/mol. The molecular weight excluding hydrogens is 495 g/mol. The summed E-state index contributed by atoms with van der Waals surface area (Å²) in [6.07, 6.45) is 4.07. The van der Waals surface area contributed by atoms with Gasteiger partial charge in [0, 0.05) is 32.4 Å². The van der Waals surface area contributed by atoms with E-state index in [0.717, 1.165) is 37.5 Å². The molecule has 1 heterocycles. The van der Waals surface area contributed by atoms with E-state index in [1.54, 1.807) is 20.4 Å². The Morgan fingerprint density at radius 1 is 1.10 bits per heavy atom. The summed E-state index contributed by atoms with van der Waals surface area (Å²) in [6.45, 7) is 6.62. The maximum atomic E-state index is 5.91. The van der Waals surface area contributed by atoms with Crippen LogP contribution in [0.5, 0.6) is 23.1 Å². The fourth-order valence-electron chi connectivity index (χ4n) is 2.72. The summed E-state index contributed by atoms with van der Waals surface area (Å²) >= 11 is 0. The third kappa shape index (κ3) is 7.55. The monoisotopic (exact) mass is 528 g/mol. The molecule has 8 heteroatoms. The Hall–Kier alpha value is -2.23. The van der Waals surface area contributed by atoms with E-state index in [1.807, 2.05) is 30.3 Å². The van der Waals surface area contributed by atoms with Gasteiger partial charge in [0.15, 0.2) is 17.5 Å². The molecule has 0 aliphatic carbocycles. The molecule has 0 amide bonds. The van der Waals surface area contributed by atoms with Gasteiger partial charge in [-0.2, -0.15) is 0 Å². The van der Waals surface area contributed by atoms with Crippen LogP contribution >= 0.6 is 24.0 Å². The molecule has 0 saturated heterocycles. The fraction of sp³-hybridized carbons (Fsp3) is 0.455. The van der Waals surface area contributed by atoms with E-state index in [-0.39, 0.29) is 24.0 Å². The van der Waals surface area contributed by atoms with E-state index in [0.29, 0.717) is 29.7 Å². The van der Waals surface area contributed by atoms with E-state index in [2.05, 4.69) is 36.1 Å². The first kappa shape index (κ1) is 25.8. The smallest absolute Gasteiger partial charge is 0.219 e. The van der Waals surface area contributed by atoms with Gasteiger partial charge in [-0.25, -0.2) is 9.98 Å². The quantitative estimate of drug-likeness (QED) is 0.274. The zero-order chi connectivity index (χ0) is 21.1. The van der Waals surface area contributed by atoms with Crippen molar-refractivity contribution in [3.05, 3.63) is 42.1 Å². The minimum absolute atomic E-state index is 0. The summed E-state index contributed by atoms with van der Waals surface area (Å²) in [5, 5.41) is 3.33. The van der Waals surface area contributed by atoms with E-state index in [1.165, 1.54) is 0 Å². The van der Waals surface area contributed by atoms with Crippen molar-refractivity contribution < 1.29 is 14.2 Å². The van der Waals surface area contributed by atoms with Crippen LogP contribution in [0, 0.1) is 0 Å². The largest absolute Gasteiger partial charge is 0.493 e. The van der Waals surface area contributed by atoms with E-state index in [4.69, 9.17) is 19.2 Å². The number of pyridine rings is 1. The number of unbranched alkanes of at least 4 members (excludes halogenated alkanes) is 1. The molecule has 0 radical (unpaired) electrons. The van der Waals surface area contributed by atoms with E-state index < -0.39 is 0 Å². The molecule has 0 aliphatic heterocycles. The maximum absolute atomic E-state index is 5.91. The third-order valence-corrected chi connectivity index (χ3v) is 4.34. The number of nitrogens with one attached hydrogen (secondary N) is 1. The molecule has 0 fully saturated rings. The molecule has 0 atom stereocenters. The molecule has 166 valence electrons. The van der Waals surface area contributed by atoms with Gasteiger partial charge >= 0.3 is 0 Å². The van der Waals surface area contributed by atoms with Gasteiger partial charge in [-0.15, -0.1) is 24.0 Å². The highest BCUT2D eigenvalue weighted by atomic mass is 127. The first-order chi connectivity index (χ1) is 14.1. The second-order valence-electron chi connectivity index (χ2n) is 6.54. The highest BCUT2D eigenvalue weighted by Gasteiger charge is 2.13. The number of hydrogen-bond donors (Lipinski definition) is 1. The molecule has 0 bridgehead atoms. The molecular formula is C22H33IN4O3. The Kier molecular flexibility index (Phi) is 12.0. The standard InChI is InChI=1S/C22H32N4O3.HI/c1-6-8-14-26(3)22(23-7-2)25-16-17-12-13-20(24-15-17)29-21-18(27-4)10-9-11-19(21)28-5;/h9-13,15H,6-8,14,16H2,1-5H3,(H,23,25);1H. The molecule has 0 unspecified atom stereocenters. The van der Waals surface area contributed by atoms with Crippen LogP contribution in [0.4, 0.5) is 0 Å². The van der Waals surface area contributed by atoms with Crippen molar-refractivity contribution in [3.8, 4) is 23.1 Å². The van der Waals surface area contributed by atoms with Crippen LogP contribution in [0.3, 0.4) is 0 Å². The summed E-state index contributed by atoms with van der Waals surface area (Å²) < 4.78 is 16.6. The van der Waals surface area contributed by atoms with Crippen LogP contribution in [0.2, 0.25) is 0 Å². The molecule has 1 aromatic heterocycles. The van der Waals surface area contributed by atoms with Crippen LogP contribution in [-0.2, 0) is 6.54 Å². The summed E-state index contributed by atoms with van der Waals surface area (Å²) in [7, 11) is 5.25. The first-order valence-electron chi connectivity index (χ1n) is 9.96. The SMILES string of the molecule is CCCCN(C)C(=NCc1ccc(Oc2c(OC)cccc2OC)nc1)NCC.I. The normalized spacial score (nSPS) is 10.8. The van der Waals surface area contributed by atoms with Gasteiger partial charge in [-0.05, 0) is 31.0 Å². The minimum Gasteiger partial charge on any atom is -0.493 e. The number of methoxy groups -OCH3 is 2. The van der Waals surface area contributed by atoms with Gasteiger partial charge in [0.2, 0.25) is 11.6 Å². The van der Waals surface area contributed by atoms with Crippen molar-refractivity contribution in [1.29, 1.82) is 0 Å². The summed E-state index contributed by atoms with van der Waals surface area (Å²) in [5.41, 5.74) is 1.00. The maximum Gasteiger partial charge on any atom is 0.219 e. The van der Waals surface area contributed by atoms with Gasteiger partial charge in [-0.1, -0.05) is 25.5 Å². The zero-order valence-electron chi connectivity index (χ0n) is 18.5. The van der Waals surface area contributed by atoms with E-state index in [9.17, 15) is 0 Å². The van der Waals surface area contributed by atoms with Crippen LogP contribution in [0.15, 0.2) is 41.5 Å². The van der Waals surface area contributed by atoms with Crippen molar-refractivity contribution >= 4 is 29.9 Å². The Morgan fingerprint density at radius 3 is 2.33 bits per heavy atom. The van der Waals surface area contributed by atoms with Gasteiger partial charge in [0.05, 0.1) is 20.8 Å². The predicted molar refractivity (Wildman–Crippen MR) is 132 cm³/mol. The molecule has 0 saturated carbocycles. The molecule has 2 rings (SSSR count). The Balaban J connectivity index is 0.00000450. The highest BCUT2D eigenvalue weighted by Crippen LogP contribution is 2.39. The van der Waals surface area contributed by atoms with Crippen LogP contribution < -0.4 is 19.5 Å². The average Bonchev–Trinajstić information content (AvgIpc) is 2.76. The molecule has 2 aromatic rings. The van der Waals surface area contributed by atoms with Gasteiger partial charge in [-0.3, -0.25) is 0 Å². The number of benzene rings is 1. The topological polar surface area (TPSA) is 68.2 Å². The number of halogens is 1. The fourth-order valence-corrected chi connectivity index (χ4v) is 2.72. The number of nitrogens with zero attached hydrogens (tertiary/aromatic N) is 3. The number of rotatable bonds is 10. The number of hydrogen-bond acceptors (Lipinski definition) is 5. The third-order valence-electron chi connectivity index (χ3n) is 4.34. The molecule has 1 N–H and O–H groups in total. The molecule has 1 aromatic carbocycles. The van der Waals surface area contributed by atoms with Crippen LogP contribution in [0.25, 0.3) is 0 Å². The lowest BCUT2D eigenvalue weighted by Crippen LogP contribution is -2.39. The number of ether oxygens (including phenoxy) is 3. The number of aromatic nitrogens is 1. The van der Waals surface area contributed by atoms with E-state index >= 15 is 0 Å². The lowest BCUT2D eigenvalue weighted by Gasteiger charge is -2.21. The van der Waals surface area contributed by atoms with Gasteiger partial charge in [0.25, 0.3) is 0 Å². The number of aliphatic imine (C=N–C) groups is 1. The minimum atomic E-state index is 0. The Morgan fingerprint density at radius 2 is 1.80 bits per heavy atom. The lowest BCUT2D eigenvalue weighted by molar-refractivity contribution is 0.342. The molecule has 0 aliphatic rings. The van der Waals surface area contributed by atoms with Crippen molar-refractivity contribution in [2.45, 2.75) is 33.2 Å². The van der Waals surface area contributed by atoms with Crippen molar-refractivity contribution in [2.24, 2.45) is 4.99 Å². The lowest BCUT2D eigenvalue weighted by atomic mass is 10.3. The van der Waals surface area contributed by atoms with Gasteiger partial charge < -0.3 is 24.4 Å². The second-order valence-corrected chi connectivity index (χ2v) is 6.54. The zero-order valence-corrected chi connectivity index (χ0v) is 20.8. The Labute approximate surface area is 196 Å². The van der Waals surface area contributed by atoms with Crippen LogP contribution in [0.1, 0.15) is 32.3 Å². The first-order valence-corrected chi connectivity index (χ1v) is 9.96. The van der Waals surface area contributed by atoms with Crippen molar-refractivity contribution in [2.75, 3.05) is 34.4 Å². The molecule has 0 spiro atoms. The number of guanidine groups is 1. The van der Waals surface area contributed by atoms with Crippen molar-refractivity contribution in [3.63, 3.8) is 0 Å².